The molecule has 13 heavy (non-hydrogen) atoms. The molecule has 0 heterocycles. The fourth-order valence-electron chi connectivity index (χ4n) is 0.728. The molecule has 0 spiro atoms. The van der Waals surface area contributed by atoms with E-state index in [4.69, 9.17) is 10.4 Å². The summed E-state index contributed by atoms with van der Waals surface area (Å²) >= 11 is 0. The monoisotopic (exact) mass is 206 g/mol. The Bertz CT molecular complexity index is 268. The van der Waals surface area contributed by atoms with Crippen LogP contribution >= 0.6 is 0 Å². The summed E-state index contributed by atoms with van der Waals surface area (Å²) in [6, 6.07) is 1.56. The Morgan fingerprint density at radius 1 is 1.62 bits per heavy atom. The van der Waals surface area contributed by atoms with Crippen LogP contribution < -0.4 is 4.72 Å². The van der Waals surface area contributed by atoms with Crippen molar-refractivity contribution in [1.82, 2.24) is 4.72 Å². The standard InChI is InChI=1S/C7H14N2O3S/c1-7(2-4-10)6-9-13(11,12)5-3-8/h7,9-10H,2,4-6H2,1H3. The van der Waals surface area contributed by atoms with Gasteiger partial charge in [-0.3, -0.25) is 0 Å². The van der Waals surface area contributed by atoms with E-state index in [1.54, 1.807) is 6.07 Å². The van der Waals surface area contributed by atoms with E-state index in [1.807, 2.05) is 6.92 Å². The van der Waals surface area contributed by atoms with E-state index in [1.165, 1.54) is 0 Å². The van der Waals surface area contributed by atoms with Crippen molar-refractivity contribution in [3.8, 4) is 6.07 Å². The molecule has 0 aliphatic rings. The SMILES string of the molecule is CC(CCO)CNS(=O)(=O)CC#N. The summed E-state index contributed by atoms with van der Waals surface area (Å²) in [5.41, 5.74) is 0. The van der Waals surface area contributed by atoms with E-state index in [0.29, 0.717) is 6.42 Å². The van der Waals surface area contributed by atoms with E-state index in [9.17, 15) is 8.42 Å². The van der Waals surface area contributed by atoms with Crippen molar-refractivity contribution in [2.45, 2.75) is 13.3 Å². The third-order valence-electron chi connectivity index (χ3n) is 1.53. The summed E-state index contributed by atoms with van der Waals surface area (Å²) in [6.07, 6.45) is 0.551. The lowest BCUT2D eigenvalue weighted by molar-refractivity contribution is 0.263. The van der Waals surface area contributed by atoms with Crippen LogP contribution in [0.4, 0.5) is 0 Å². The Morgan fingerprint density at radius 2 is 2.23 bits per heavy atom. The smallest absolute Gasteiger partial charge is 0.225 e. The number of aliphatic hydroxyl groups excluding tert-OH is 1. The minimum absolute atomic E-state index is 0.0428. The molecule has 0 radical (unpaired) electrons. The fraction of sp³-hybridized carbons (Fsp3) is 0.857. The van der Waals surface area contributed by atoms with Gasteiger partial charge in [-0.05, 0) is 12.3 Å². The van der Waals surface area contributed by atoms with Gasteiger partial charge in [0.25, 0.3) is 0 Å². The average molecular weight is 206 g/mol. The zero-order chi connectivity index (χ0) is 10.3. The van der Waals surface area contributed by atoms with Gasteiger partial charge in [0.05, 0.1) is 6.07 Å². The molecule has 0 aromatic rings. The molecule has 0 aliphatic carbocycles. The van der Waals surface area contributed by atoms with E-state index < -0.39 is 15.8 Å². The highest BCUT2D eigenvalue weighted by atomic mass is 32.2. The van der Waals surface area contributed by atoms with Gasteiger partial charge >= 0.3 is 0 Å². The van der Waals surface area contributed by atoms with Gasteiger partial charge in [0.1, 0.15) is 0 Å². The molecule has 76 valence electrons. The maximum Gasteiger partial charge on any atom is 0.225 e. The van der Waals surface area contributed by atoms with Gasteiger partial charge in [-0.15, -0.1) is 0 Å². The normalized spacial score (nSPS) is 13.6. The minimum atomic E-state index is -3.44. The van der Waals surface area contributed by atoms with E-state index >= 15 is 0 Å². The summed E-state index contributed by atoms with van der Waals surface area (Å²) in [5, 5.41) is 16.7. The lowest BCUT2D eigenvalue weighted by Gasteiger charge is -2.09. The first-order chi connectivity index (χ1) is 6.02. The van der Waals surface area contributed by atoms with Crippen LogP contribution in [0.2, 0.25) is 0 Å². The zero-order valence-electron chi connectivity index (χ0n) is 7.52. The van der Waals surface area contributed by atoms with Crippen LogP contribution in [0, 0.1) is 17.2 Å². The van der Waals surface area contributed by atoms with Crippen LogP contribution in [0.25, 0.3) is 0 Å². The van der Waals surface area contributed by atoms with Crippen LogP contribution in [0.3, 0.4) is 0 Å². The lowest BCUT2D eigenvalue weighted by Crippen LogP contribution is -2.30. The van der Waals surface area contributed by atoms with Crippen molar-refractivity contribution in [2.75, 3.05) is 18.9 Å². The molecule has 1 atom stereocenters. The molecule has 0 aromatic carbocycles. The van der Waals surface area contributed by atoms with Gasteiger partial charge in [-0.1, -0.05) is 6.92 Å². The van der Waals surface area contributed by atoms with Gasteiger partial charge in [-0.2, -0.15) is 5.26 Å². The van der Waals surface area contributed by atoms with Crippen LogP contribution in [0.5, 0.6) is 0 Å². The van der Waals surface area contributed by atoms with Crippen molar-refractivity contribution in [2.24, 2.45) is 5.92 Å². The van der Waals surface area contributed by atoms with Crippen LogP contribution in [-0.2, 0) is 10.0 Å². The molecule has 0 amide bonds. The van der Waals surface area contributed by atoms with Crippen molar-refractivity contribution in [3.63, 3.8) is 0 Å². The van der Waals surface area contributed by atoms with Gasteiger partial charge in [-0.25, -0.2) is 13.1 Å². The molecular formula is C7H14N2O3S. The molecular weight excluding hydrogens is 192 g/mol. The molecule has 1 unspecified atom stereocenters. The molecule has 0 bridgehead atoms. The highest BCUT2D eigenvalue weighted by Gasteiger charge is 2.10. The molecule has 2 N–H and O–H groups in total. The van der Waals surface area contributed by atoms with E-state index in [-0.39, 0.29) is 19.1 Å². The summed E-state index contributed by atoms with van der Waals surface area (Å²) in [5.74, 6) is -0.433. The number of rotatable bonds is 6. The number of hydrogen-bond acceptors (Lipinski definition) is 4. The quantitative estimate of drug-likeness (QED) is 0.610. The third kappa shape index (κ3) is 6.51. The maximum atomic E-state index is 10.9. The summed E-state index contributed by atoms with van der Waals surface area (Å²) in [6.45, 7) is 2.14. The Labute approximate surface area is 78.4 Å². The molecule has 5 nitrogen and oxygen atoms in total. The topological polar surface area (TPSA) is 90.2 Å². The number of nitrogens with zero attached hydrogens (tertiary/aromatic N) is 1. The molecule has 0 saturated heterocycles. The van der Waals surface area contributed by atoms with E-state index in [0.717, 1.165) is 0 Å². The van der Waals surface area contributed by atoms with Gasteiger partial charge in [0.2, 0.25) is 10.0 Å². The summed E-state index contributed by atoms with van der Waals surface area (Å²) in [7, 11) is -3.44. The van der Waals surface area contributed by atoms with Gasteiger partial charge < -0.3 is 5.11 Å². The molecule has 0 saturated carbocycles. The second-order valence-corrected chi connectivity index (χ2v) is 4.69. The number of nitrogens with one attached hydrogen (secondary N) is 1. The van der Waals surface area contributed by atoms with Crippen LogP contribution in [0.15, 0.2) is 0 Å². The minimum Gasteiger partial charge on any atom is -0.396 e. The second-order valence-electron chi connectivity index (χ2n) is 2.88. The Morgan fingerprint density at radius 3 is 2.69 bits per heavy atom. The van der Waals surface area contributed by atoms with Crippen molar-refractivity contribution in [3.05, 3.63) is 0 Å². The van der Waals surface area contributed by atoms with Crippen molar-refractivity contribution < 1.29 is 13.5 Å². The predicted molar refractivity (Wildman–Crippen MR) is 48.3 cm³/mol. The molecule has 0 aromatic heterocycles. The number of aliphatic hydroxyl groups is 1. The second kappa shape index (κ2) is 5.91. The highest BCUT2D eigenvalue weighted by Crippen LogP contribution is 1.98. The fourth-order valence-corrected chi connectivity index (χ4v) is 1.54. The molecule has 0 fully saturated rings. The Kier molecular flexibility index (Phi) is 5.62. The van der Waals surface area contributed by atoms with Crippen molar-refractivity contribution in [1.29, 1.82) is 5.26 Å². The molecule has 6 heteroatoms. The Hall–Kier alpha value is -0.640. The first-order valence-electron chi connectivity index (χ1n) is 3.97. The number of hydrogen-bond donors (Lipinski definition) is 2. The maximum absolute atomic E-state index is 10.9. The number of sulfonamides is 1. The first-order valence-corrected chi connectivity index (χ1v) is 5.62. The van der Waals surface area contributed by atoms with Crippen LogP contribution in [-0.4, -0.2) is 32.4 Å². The van der Waals surface area contributed by atoms with Gasteiger partial charge in [0, 0.05) is 13.2 Å². The first kappa shape index (κ1) is 12.4. The summed E-state index contributed by atoms with van der Waals surface area (Å²) < 4.78 is 24.2. The highest BCUT2D eigenvalue weighted by molar-refractivity contribution is 7.89. The Balaban J connectivity index is 3.82. The van der Waals surface area contributed by atoms with Gasteiger partial charge in [0.15, 0.2) is 5.75 Å². The predicted octanol–water partition coefficient (Wildman–Crippen LogP) is -0.552. The largest absolute Gasteiger partial charge is 0.396 e. The molecule has 0 rings (SSSR count). The zero-order valence-corrected chi connectivity index (χ0v) is 8.34. The van der Waals surface area contributed by atoms with Crippen LogP contribution in [0.1, 0.15) is 13.3 Å². The molecule has 0 aliphatic heterocycles. The number of nitriles is 1. The lowest BCUT2D eigenvalue weighted by atomic mass is 10.1. The average Bonchev–Trinajstić information content (AvgIpc) is 2.02. The van der Waals surface area contributed by atoms with Crippen molar-refractivity contribution >= 4 is 10.0 Å². The third-order valence-corrected chi connectivity index (χ3v) is 2.64. The summed E-state index contributed by atoms with van der Waals surface area (Å²) in [4.78, 5) is 0. The van der Waals surface area contributed by atoms with E-state index in [2.05, 4.69) is 4.72 Å².